The second kappa shape index (κ2) is 11.0. The number of alkyl halides is 1. The van der Waals surface area contributed by atoms with Crippen molar-refractivity contribution < 1.29 is 31.6 Å². The number of benzene rings is 1. The molecule has 1 aromatic carbocycles. The highest BCUT2D eigenvalue weighted by Gasteiger charge is 2.36. The van der Waals surface area contributed by atoms with Crippen molar-refractivity contribution in [3.05, 3.63) is 60.5 Å². The van der Waals surface area contributed by atoms with Crippen LogP contribution in [0.3, 0.4) is 0 Å². The van der Waals surface area contributed by atoms with E-state index in [0.29, 0.717) is 17.4 Å². The number of carbonyl (C=O) groups is 3. The van der Waals surface area contributed by atoms with E-state index >= 15 is 0 Å². The maximum Gasteiger partial charge on any atom is 0.287 e. The number of pyridine rings is 1. The van der Waals surface area contributed by atoms with Crippen molar-refractivity contribution in [1.82, 2.24) is 19.9 Å². The molecule has 0 saturated carbocycles. The van der Waals surface area contributed by atoms with Gasteiger partial charge < -0.3 is 15.1 Å². The number of para-hydroxylation sites is 1. The Balaban J connectivity index is 1.46. The summed E-state index contributed by atoms with van der Waals surface area (Å²) >= 11 is 0. The van der Waals surface area contributed by atoms with Gasteiger partial charge in [0.2, 0.25) is 5.91 Å². The highest BCUT2D eigenvalue weighted by atomic mass is 32.2. The first-order valence-corrected chi connectivity index (χ1v) is 13.6. The van der Waals surface area contributed by atoms with Gasteiger partial charge in [-0.3, -0.25) is 14.4 Å². The molecule has 10 nitrogen and oxygen atoms in total. The van der Waals surface area contributed by atoms with E-state index in [0.717, 1.165) is 4.31 Å². The summed E-state index contributed by atoms with van der Waals surface area (Å²) < 4.78 is 47.0. The third kappa shape index (κ3) is 6.43. The summed E-state index contributed by atoms with van der Waals surface area (Å²) in [4.78, 5) is 42.9. The number of halogens is 1. The van der Waals surface area contributed by atoms with Gasteiger partial charge in [0.1, 0.15) is 17.3 Å². The van der Waals surface area contributed by atoms with E-state index in [-0.39, 0.29) is 30.2 Å². The van der Waals surface area contributed by atoms with E-state index in [1.165, 1.54) is 38.2 Å². The molecule has 202 valence electrons. The highest BCUT2D eigenvalue weighted by molar-refractivity contribution is 7.89. The molecule has 0 radical (unpaired) electrons. The lowest BCUT2D eigenvalue weighted by Crippen LogP contribution is -2.53. The number of ketones is 1. The average molecular weight is 545 g/mol. The van der Waals surface area contributed by atoms with E-state index in [4.69, 9.17) is 4.42 Å². The zero-order valence-electron chi connectivity index (χ0n) is 21.0. The fourth-order valence-corrected chi connectivity index (χ4v) is 5.65. The van der Waals surface area contributed by atoms with Gasteiger partial charge in [-0.1, -0.05) is 24.3 Å². The fourth-order valence-electron chi connectivity index (χ4n) is 4.28. The summed E-state index contributed by atoms with van der Waals surface area (Å²) in [5.74, 6) is -2.01. The fraction of sp³-hybridized carbons (Fsp3) is 0.385. The van der Waals surface area contributed by atoms with Crippen LogP contribution in [0.4, 0.5) is 4.39 Å². The smallest absolute Gasteiger partial charge is 0.287 e. The van der Waals surface area contributed by atoms with Crippen molar-refractivity contribution in [1.29, 1.82) is 0 Å². The minimum Gasteiger partial charge on any atom is -0.451 e. The van der Waals surface area contributed by atoms with Crippen LogP contribution in [0.25, 0.3) is 11.0 Å². The predicted octanol–water partition coefficient (Wildman–Crippen LogP) is 2.60. The van der Waals surface area contributed by atoms with Crippen LogP contribution in [-0.2, 0) is 19.6 Å². The van der Waals surface area contributed by atoms with E-state index in [2.05, 4.69) is 15.6 Å². The number of fused-ring (bicyclic) bond motifs is 1. The zero-order chi connectivity index (χ0) is 27.5. The third-order valence-corrected chi connectivity index (χ3v) is 7.90. The molecule has 2 N–H and O–H groups in total. The van der Waals surface area contributed by atoms with Gasteiger partial charge in [-0.25, -0.2) is 17.8 Å². The van der Waals surface area contributed by atoms with Crippen molar-refractivity contribution in [2.75, 3.05) is 13.1 Å². The Morgan fingerprint density at radius 2 is 1.95 bits per heavy atom. The molecule has 1 aliphatic heterocycles. The number of hydrogen-bond donors (Lipinski definition) is 2. The number of aromatic nitrogens is 1. The number of nitrogens with zero attached hydrogens (tertiary/aromatic N) is 2. The van der Waals surface area contributed by atoms with Gasteiger partial charge in [-0.05, 0) is 51.0 Å². The molecular weight excluding hydrogens is 515 g/mol. The van der Waals surface area contributed by atoms with Crippen molar-refractivity contribution in [2.24, 2.45) is 0 Å². The number of rotatable bonds is 8. The molecule has 0 bridgehead atoms. The van der Waals surface area contributed by atoms with Crippen molar-refractivity contribution in [3.8, 4) is 0 Å². The SMILES string of the molecule is CC(C)(F)C[C@H](NC(=O)c1cc2ccccc2o1)C(=O)N[C@H]1CCCN(S(=O)(=O)c2ccccn2)CC1=O. The van der Waals surface area contributed by atoms with Crippen LogP contribution in [0, 0.1) is 0 Å². The maximum absolute atomic E-state index is 14.6. The number of Topliss-reactive ketones (excluding diaryl/α,β-unsaturated/α-hetero) is 1. The summed E-state index contributed by atoms with van der Waals surface area (Å²) in [5.41, 5.74) is -1.33. The molecule has 0 unspecified atom stereocenters. The van der Waals surface area contributed by atoms with E-state index in [9.17, 15) is 27.2 Å². The molecule has 3 heterocycles. The summed E-state index contributed by atoms with van der Waals surface area (Å²) in [6, 6.07) is 10.7. The van der Waals surface area contributed by atoms with Crippen molar-refractivity contribution >= 4 is 38.6 Å². The Bertz CT molecular complexity index is 1400. The van der Waals surface area contributed by atoms with E-state index in [1.807, 2.05) is 0 Å². The molecule has 2 aromatic heterocycles. The lowest BCUT2D eigenvalue weighted by atomic mass is 9.99. The Morgan fingerprint density at radius 1 is 1.21 bits per heavy atom. The molecule has 0 spiro atoms. The Labute approximate surface area is 219 Å². The summed E-state index contributed by atoms with van der Waals surface area (Å²) in [7, 11) is -4.00. The molecular formula is C26H29FN4O6S. The van der Waals surface area contributed by atoms with Crippen molar-refractivity contribution in [3.63, 3.8) is 0 Å². The molecule has 3 aromatic rings. The minimum atomic E-state index is -4.00. The van der Waals surface area contributed by atoms with E-state index in [1.54, 1.807) is 30.3 Å². The second-order valence-corrected chi connectivity index (χ2v) is 11.7. The van der Waals surface area contributed by atoms with Crippen LogP contribution in [-0.4, -0.2) is 66.1 Å². The van der Waals surface area contributed by atoms with Crippen LogP contribution in [0.15, 0.2) is 64.2 Å². The largest absolute Gasteiger partial charge is 0.451 e. The summed E-state index contributed by atoms with van der Waals surface area (Å²) in [6.45, 7) is 2.17. The van der Waals surface area contributed by atoms with Gasteiger partial charge in [0.05, 0.1) is 12.6 Å². The van der Waals surface area contributed by atoms with Crippen LogP contribution in [0.5, 0.6) is 0 Å². The van der Waals surface area contributed by atoms with Crippen molar-refractivity contribution in [2.45, 2.75) is 55.9 Å². The average Bonchev–Trinajstić information content (AvgIpc) is 3.22. The molecule has 1 aliphatic rings. The van der Waals surface area contributed by atoms with Gasteiger partial charge in [0.15, 0.2) is 16.6 Å². The molecule has 2 amide bonds. The minimum absolute atomic E-state index is 0.0402. The molecule has 1 saturated heterocycles. The first-order valence-electron chi connectivity index (χ1n) is 12.2. The lowest BCUT2D eigenvalue weighted by molar-refractivity contribution is -0.129. The molecule has 4 rings (SSSR count). The van der Waals surface area contributed by atoms with E-state index < -0.39 is 51.9 Å². The lowest BCUT2D eigenvalue weighted by Gasteiger charge is -2.25. The molecule has 0 aliphatic carbocycles. The molecule has 1 fully saturated rings. The zero-order valence-corrected chi connectivity index (χ0v) is 21.8. The summed E-state index contributed by atoms with van der Waals surface area (Å²) in [6.07, 6.45) is 1.48. The van der Waals surface area contributed by atoms with Gasteiger partial charge in [-0.15, -0.1) is 0 Å². The standard InChI is InChI=1S/C26H29FN4O6S/c1-26(2,27)15-19(30-25(34)22-14-17-8-3-4-10-21(17)37-22)24(33)29-18-9-7-13-31(16-20(18)32)38(35,36)23-11-5-6-12-28-23/h3-6,8,10-12,14,18-19H,7,9,13,15-16H2,1-2H3,(H,29,33)(H,30,34)/t18-,19-/m0/s1. The Hall–Kier alpha value is -3.64. The molecule has 38 heavy (non-hydrogen) atoms. The number of furan rings is 1. The first-order chi connectivity index (χ1) is 17.9. The van der Waals surface area contributed by atoms with Crippen LogP contribution >= 0.6 is 0 Å². The number of sulfonamides is 1. The number of hydrogen-bond acceptors (Lipinski definition) is 7. The maximum atomic E-state index is 14.6. The highest BCUT2D eigenvalue weighted by Crippen LogP contribution is 2.22. The van der Waals surface area contributed by atoms with Gasteiger partial charge >= 0.3 is 0 Å². The Kier molecular flexibility index (Phi) is 7.93. The van der Waals surface area contributed by atoms with Crippen LogP contribution < -0.4 is 10.6 Å². The monoisotopic (exact) mass is 544 g/mol. The number of nitrogens with one attached hydrogen (secondary N) is 2. The normalized spacial score (nSPS) is 18.1. The second-order valence-electron chi connectivity index (χ2n) is 9.77. The first kappa shape index (κ1) is 27.4. The van der Waals surface area contributed by atoms with Gasteiger partial charge in [-0.2, -0.15) is 4.31 Å². The quantitative estimate of drug-likeness (QED) is 0.444. The van der Waals surface area contributed by atoms with Gasteiger partial charge in [0, 0.05) is 24.5 Å². The topological polar surface area (TPSA) is 139 Å². The van der Waals surface area contributed by atoms with Crippen LogP contribution in [0.1, 0.15) is 43.7 Å². The molecule has 2 atom stereocenters. The van der Waals surface area contributed by atoms with Gasteiger partial charge in [0.25, 0.3) is 15.9 Å². The predicted molar refractivity (Wildman–Crippen MR) is 136 cm³/mol. The number of carbonyl (C=O) groups excluding carboxylic acids is 3. The van der Waals surface area contributed by atoms with Crippen LogP contribution in [0.2, 0.25) is 0 Å². The molecule has 12 heteroatoms. The number of amides is 2. The summed E-state index contributed by atoms with van der Waals surface area (Å²) in [5, 5.41) is 5.62. The third-order valence-electron chi connectivity index (χ3n) is 6.14. The Morgan fingerprint density at radius 3 is 2.63 bits per heavy atom.